The summed E-state index contributed by atoms with van der Waals surface area (Å²) < 4.78 is 15.6. The van der Waals surface area contributed by atoms with E-state index in [-0.39, 0.29) is 38.1 Å². The van der Waals surface area contributed by atoms with Crippen LogP contribution in [0.4, 0.5) is 4.79 Å². The summed E-state index contributed by atoms with van der Waals surface area (Å²) in [5.74, 6) is -2.45. The summed E-state index contributed by atoms with van der Waals surface area (Å²) in [5, 5.41) is 7.80. The minimum Gasteiger partial charge on any atom is -0.459 e. The Labute approximate surface area is 239 Å². The Bertz CT molecular complexity index is 1170. The Morgan fingerprint density at radius 1 is 0.902 bits per heavy atom. The van der Waals surface area contributed by atoms with Crippen LogP contribution in [0.3, 0.4) is 0 Å². The second-order valence-corrected chi connectivity index (χ2v) is 9.77. The van der Waals surface area contributed by atoms with E-state index in [2.05, 4.69) is 16.0 Å². The number of amides is 3. The molecule has 3 N–H and O–H groups in total. The molecule has 41 heavy (non-hydrogen) atoms. The third kappa shape index (κ3) is 9.93. The van der Waals surface area contributed by atoms with E-state index in [0.29, 0.717) is 12.8 Å². The van der Waals surface area contributed by atoms with Crippen molar-refractivity contribution in [3.63, 3.8) is 0 Å². The molecule has 0 spiro atoms. The number of carbonyl (C=O) groups is 5. The van der Waals surface area contributed by atoms with Gasteiger partial charge in [0, 0.05) is 6.54 Å². The van der Waals surface area contributed by atoms with Crippen LogP contribution in [0, 0.1) is 5.92 Å². The van der Waals surface area contributed by atoms with Crippen LogP contribution < -0.4 is 16.0 Å². The van der Waals surface area contributed by atoms with E-state index >= 15 is 0 Å². The van der Waals surface area contributed by atoms with E-state index in [1.807, 2.05) is 55.5 Å². The maximum Gasteiger partial charge on any atom is 0.408 e. The number of hydrogen-bond donors (Lipinski definition) is 3. The zero-order valence-corrected chi connectivity index (χ0v) is 23.3. The van der Waals surface area contributed by atoms with Crippen LogP contribution in [0.1, 0.15) is 50.7 Å². The lowest BCUT2D eigenvalue weighted by Gasteiger charge is -2.33. The van der Waals surface area contributed by atoms with Gasteiger partial charge >= 0.3 is 18.0 Å². The van der Waals surface area contributed by atoms with Gasteiger partial charge in [-0.25, -0.2) is 9.59 Å². The lowest BCUT2D eigenvalue weighted by Crippen LogP contribution is -2.54. The van der Waals surface area contributed by atoms with E-state index in [1.165, 1.54) is 6.92 Å². The topological polar surface area (TPSA) is 149 Å². The van der Waals surface area contributed by atoms with Crippen molar-refractivity contribution >= 4 is 29.8 Å². The fourth-order valence-corrected chi connectivity index (χ4v) is 4.16. The van der Waals surface area contributed by atoms with Gasteiger partial charge < -0.3 is 30.2 Å². The highest BCUT2D eigenvalue weighted by Gasteiger charge is 2.46. The largest absolute Gasteiger partial charge is 0.459 e. The summed E-state index contributed by atoms with van der Waals surface area (Å²) in [6, 6.07) is 16.2. The van der Waals surface area contributed by atoms with E-state index in [4.69, 9.17) is 14.2 Å². The SMILES string of the molecule is CCC[C@H]1C(=O)O[C@H]1C(=O)NCCC[C@H](NC(=O)[C@H](C)NC(=O)OCc1ccccc1)C(=O)OCc1ccccc1. The number of cyclic esters (lactones) is 1. The molecule has 1 aliphatic rings. The van der Waals surface area contributed by atoms with Gasteiger partial charge in [0.15, 0.2) is 6.10 Å². The number of nitrogens with one attached hydrogen (secondary N) is 3. The molecule has 0 unspecified atom stereocenters. The predicted octanol–water partition coefficient (Wildman–Crippen LogP) is 2.77. The molecule has 3 amide bonds. The van der Waals surface area contributed by atoms with Gasteiger partial charge in [-0.1, -0.05) is 74.0 Å². The van der Waals surface area contributed by atoms with Gasteiger partial charge in [0.25, 0.3) is 5.91 Å². The van der Waals surface area contributed by atoms with E-state index in [1.54, 1.807) is 12.1 Å². The van der Waals surface area contributed by atoms with Crippen molar-refractivity contribution in [2.24, 2.45) is 5.92 Å². The first-order valence-corrected chi connectivity index (χ1v) is 13.7. The van der Waals surface area contributed by atoms with Crippen molar-refractivity contribution in [2.45, 2.75) is 70.9 Å². The molecule has 1 aliphatic heterocycles. The van der Waals surface area contributed by atoms with Gasteiger partial charge in [0.2, 0.25) is 5.91 Å². The standard InChI is InChI=1S/C30H37N3O8/c1-3-11-23-25(41-28(23)36)27(35)31-17-10-16-24(29(37)39-18-21-12-6-4-7-13-21)33-26(34)20(2)32-30(38)40-19-22-14-8-5-9-15-22/h4-9,12-15,20,23-25H,3,10-11,16-19H2,1-2H3,(H,31,35)(H,32,38)(H,33,34)/t20-,23+,24-,25+/m0/s1. The highest BCUT2D eigenvalue weighted by molar-refractivity contribution is 5.94. The molecular weight excluding hydrogens is 530 g/mol. The maximum atomic E-state index is 12.9. The summed E-state index contributed by atoms with van der Waals surface area (Å²) in [6.07, 6.45) is 0.242. The van der Waals surface area contributed by atoms with Gasteiger partial charge in [-0.2, -0.15) is 0 Å². The van der Waals surface area contributed by atoms with Crippen molar-refractivity contribution in [1.29, 1.82) is 0 Å². The fourth-order valence-electron chi connectivity index (χ4n) is 4.16. The Morgan fingerprint density at radius 3 is 2.10 bits per heavy atom. The molecule has 2 aromatic rings. The number of ether oxygens (including phenoxy) is 3. The molecule has 11 nitrogen and oxygen atoms in total. The van der Waals surface area contributed by atoms with E-state index < -0.39 is 42.1 Å². The molecule has 11 heteroatoms. The van der Waals surface area contributed by atoms with E-state index in [0.717, 1.165) is 17.5 Å². The lowest BCUT2D eigenvalue weighted by atomic mass is 9.91. The molecule has 3 rings (SSSR count). The summed E-state index contributed by atoms with van der Waals surface area (Å²) in [4.78, 5) is 61.9. The van der Waals surface area contributed by atoms with Crippen LogP contribution in [0.25, 0.3) is 0 Å². The first kappa shape index (κ1) is 31.1. The highest BCUT2D eigenvalue weighted by Crippen LogP contribution is 2.26. The van der Waals surface area contributed by atoms with Crippen LogP contribution in [0.5, 0.6) is 0 Å². The van der Waals surface area contributed by atoms with Gasteiger partial charge in [-0.05, 0) is 37.3 Å². The number of benzene rings is 2. The summed E-state index contributed by atoms with van der Waals surface area (Å²) in [6.45, 7) is 3.66. The lowest BCUT2D eigenvalue weighted by molar-refractivity contribution is -0.189. The van der Waals surface area contributed by atoms with Crippen molar-refractivity contribution in [2.75, 3.05) is 6.54 Å². The van der Waals surface area contributed by atoms with Crippen LogP contribution in [0.15, 0.2) is 60.7 Å². The zero-order chi connectivity index (χ0) is 29.6. The monoisotopic (exact) mass is 567 g/mol. The molecule has 1 heterocycles. The van der Waals surface area contributed by atoms with Crippen LogP contribution in [-0.4, -0.2) is 54.6 Å². The van der Waals surface area contributed by atoms with Gasteiger partial charge in [0.1, 0.15) is 31.2 Å². The number of alkyl carbamates (subject to hydrolysis) is 1. The molecule has 1 saturated heterocycles. The van der Waals surface area contributed by atoms with Crippen molar-refractivity contribution in [3.8, 4) is 0 Å². The van der Waals surface area contributed by atoms with Gasteiger partial charge in [0.05, 0.1) is 0 Å². The van der Waals surface area contributed by atoms with Crippen LogP contribution >= 0.6 is 0 Å². The second kappa shape index (κ2) is 16.0. The molecule has 0 aliphatic carbocycles. The first-order valence-electron chi connectivity index (χ1n) is 13.7. The van der Waals surface area contributed by atoms with Gasteiger partial charge in [-0.15, -0.1) is 0 Å². The van der Waals surface area contributed by atoms with Crippen molar-refractivity contribution in [1.82, 2.24) is 16.0 Å². The van der Waals surface area contributed by atoms with E-state index in [9.17, 15) is 24.0 Å². The minimum atomic E-state index is -1.03. The summed E-state index contributed by atoms with van der Waals surface area (Å²) >= 11 is 0. The minimum absolute atomic E-state index is 0.0221. The van der Waals surface area contributed by atoms with Crippen molar-refractivity contribution < 1.29 is 38.2 Å². The molecule has 220 valence electrons. The average Bonchev–Trinajstić information content (AvgIpc) is 2.98. The molecule has 0 aromatic heterocycles. The van der Waals surface area contributed by atoms with Crippen molar-refractivity contribution in [3.05, 3.63) is 71.8 Å². The second-order valence-electron chi connectivity index (χ2n) is 9.77. The normalized spacial score (nSPS) is 17.2. The molecular formula is C30H37N3O8. The Balaban J connectivity index is 1.50. The number of hydrogen-bond acceptors (Lipinski definition) is 8. The third-order valence-corrected chi connectivity index (χ3v) is 6.50. The maximum absolute atomic E-state index is 12.9. The summed E-state index contributed by atoms with van der Waals surface area (Å²) in [5.41, 5.74) is 1.58. The molecule has 0 radical (unpaired) electrons. The highest BCUT2D eigenvalue weighted by atomic mass is 16.6. The number of esters is 2. The summed E-state index contributed by atoms with van der Waals surface area (Å²) in [7, 11) is 0. The van der Waals surface area contributed by atoms with Gasteiger partial charge in [-0.3, -0.25) is 14.4 Å². The quantitative estimate of drug-likeness (QED) is 0.169. The molecule has 4 atom stereocenters. The average molecular weight is 568 g/mol. The predicted molar refractivity (Wildman–Crippen MR) is 148 cm³/mol. The van der Waals surface area contributed by atoms with Crippen LogP contribution in [0.2, 0.25) is 0 Å². The zero-order valence-electron chi connectivity index (χ0n) is 23.3. The Morgan fingerprint density at radius 2 is 1.51 bits per heavy atom. The number of rotatable bonds is 15. The molecule has 2 aromatic carbocycles. The van der Waals surface area contributed by atoms with Crippen LogP contribution in [-0.2, 0) is 46.6 Å². The first-order chi connectivity index (χ1) is 19.8. The molecule has 0 saturated carbocycles. The Kier molecular flexibility index (Phi) is 12.1. The third-order valence-electron chi connectivity index (χ3n) is 6.50. The Hall–Kier alpha value is -4.41. The fraction of sp³-hybridized carbons (Fsp3) is 0.433. The number of carbonyl (C=O) groups excluding carboxylic acids is 5. The smallest absolute Gasteiger partial charge is 0.408 e. The molecule has 0 bridgehead atoms. The molecule has 1 fully saturated rings.